The molecule has 0 aromatic rings. The SMILES string of the molecule is CC(C)N1CCCCCC1C#N. The van der Waals surface area contributed by atoms with Gasteiger partial charge >= 0.3 is 0 Å². The lowest BCUT2D eigenvalue weighted by molar-refractivity contribution is 0.190. The average molecular weight is 166 g/mol. The molecule has 1 saturated heterocycles. The third kappa shape index (κ3) is 2.22. The maximum Gasteiger partial charge on any atom is 0.0980 e. The van der Waals surface area contributed by atoms with Crippen LogP contribution in [0, 0.1) is 11.3 Å². The van der Waals surface area contributed by atoms with Gasteiger partial charge in [-0.15, -0.1) is 0 Å². The molecule has 0 bridgehead atoms. The third-order valence-corrected chi connectivity index (χ3v) is 2.61. The highest BCUT2D eigenvalue weighted by Gasteiger charge is 2.22. The molecule has 1 fully saturated rings. The molecule has 0 saturated carbocycles. The minimum absolute atomic E-state index is 0.174. The Morgan fingerprint density at radius 2 is 2.08 bits per heavy atom. The molecule has 1 aliphatic heterocycles. The molecule has 68 valence electrons. The molecule has 2 nitrogen and oxygen atoms in total. The monoisotopic (exact) mass is 166 g/mol. The van der Waals surface area contributed by atoms with E-state index in [1.165, 1.54) is 19.3 Å². The normalized spacial score (nSPS) is 26.7. The van der Waals surface area contributed by atoms with E-state index in [1.807, 2.05) is 0 Å². The van der Waals surface area contributed by atoms with Gasteiger partial charge in [0.15, 0.2) is 0 Å². The second-order valence-corrected chi connectivity index (χ2v) is 3.83. The fraction of sp³-hybridized carbons (Fsp3) is 0.900. The summed E-state index contributed by atoms with van der Waals surface area (Å²) in [5, 5.41) is 8.94. The predicted octanol–water partition coefficient (Wildman–Crippen LogP) is 2.16. The van der Waals surface area contributed by atoms with Crippen LogP contribution in [0.2, 0.25) is 0 Å². The Labute approximate surface area is 75.2 Å². The van der Waals surface area contributed by atoms with E-state index in [9.17, 15) is 0 Å². The fourth-order valence-corrected chi connectivity index (χ4v) is 1.89. The van der Waals surface area contributed by atoms with Crippen molar-refractivity contribution in [3.8, 4) is 6.07 Å². The van der Waals surface area contributed by atoms with Crippen molar-refractivity contribution in [2.45, 2.75) is 51.6 Å². The van der Waals surface area contributed by atoms with Crippen LogP contribution in [-0.2, 0) is 0 Å². The summed E-state index contributed by atoms with van der Waals surface area (Å²) in [4.78, 5) is 2.33. The van der Waals surface area contributed by atoms with Crippen molar-refractivity contribution in [2.24, 2.45) is 0 Å². The minimum atomic E-state index is 0.174. The smallest absolute Gasteiger partial charge is 0.0980 e. The fourth-order valence-electron chi connectivity index (χ4n) is 1.89. The van der Waals surface area contributed by atoms with E-state index in [0.29, 0.717) is 6.04 Å². The highest BCUT2D eigenvalue weighted by atomic mass is 15.2. The average Bonchev–Trinajstić information content (AvgIpc) is 2.27. The van der Waals surface area contributed by atoms with Crippen molar-refractivity contribution in [1.82, 2.24) is 4.90 Å². The molecule has 1 unspecified atom stereocenters. The molecule has 1 aliphatic rings. The van der Waals surface area contributed by atoms with Crippen molar-refractivity contribution in [1.29, 1.82) is 5.26 Å². The number of rotatable bonds is 1. The molecule has 1 heterocycles. The zero-order chi connectivity index (χ0) is 8.97. The van der Waals surface area contributed by atoms with Crippen molar-refractivity contribution in [3.05, 3.63) is 0 Å². The van der Waals surface area contributed by atoms with E-state index in [0.717, 1.165) is 13.0 Å². The van der Waals surface area contributed by atoms with Crippen molar-refractivity contribution in [3.63, 3.8) is 0 Å². The summed E-state index contributed by atoms with van der Waals surface area (Å²) in [5.74, 6) is 0. The van der Waals surface area contributed by atoms with Gasteiger partial charge in [0, 0.05) is 6.04 Å². The summed E-state index contributed by atoms with van der Waals surface area (Å²) in [6, 6.07) is 3.10. The molecule has 0 amide bonds. The maximum atomic E-state index is 8.94. The van der Waals surface area contributed by atoms with Crippen LogP contribution < -0.4 is 0 Å². The molecule has 0 spiro atoms. The van der Waals surface area contributed by atoms with Crippen LogP contribution >= 0.6 is 0 Å². The van der Waals surface area contributed by atoms with Crippen LogP contribution in [0.5, 0.6) is 0 Å². The van der Waals surface area contributed by atoms with E-state index in [4.69, 9.17) is 5.26 Å². The number of nitriles is 1. The molecule has 0 aromatic carbocycles. The first-order valence-electron chi connectivity index (χ1n) is 4.91. The zero-order valence-corrected chi connectivity index (χ0v) is 8.08. The van der Waals surface area contributed by atoms with Crippen LogP contribution in [0.25, 0.3) is 0 Å². The van der Waals surface area contributed by atoms with Crippen LogP contribution in [0.1, 0.15) is 39.5 Å². The van der Waals surface area contributed by atoms with Gasteiger partial charge in [-0.1, -0.05) is 12.8 Å². The van der Waals surface area contributed by atoms with Gasteiger partial charge in [-0.25, -0.2) is 0 Å². The number of hydrogen-bond acceptors (Lipinski definition) is 2. The van der Waals surface area contributed by atoms with Crippen LogP contribution in [0.15, 0.2) is 0 Å². The molecule has 2 heteroatoms. The third-order valence-electron chi connectivity index (χ3n) is 2.61. The van der Waals surface area contributed by atoms with Gasteiger partial charge in [-0.3, -0.25) is 4.90 Å². The zero-order valence-electron chi connectivity index (χ0n) is 8.08. The largest absolute Gasteiger partial charge is 0.286 e. The highest BCUT2D eigenvalue weighted by Crippen LogP contribution is 2.18. The molecular formula is C10H18N2. The van der Waals surface area contributed by atoms with Gasteiger partial charge in [0.05, 0.1) is 12.1 Å². The molecule has 0 radical (unpaired) electrons. The van der Waals surface area contributed by atoms with Crippen molar-refractivity contribution >= 4 is 0 Å². The van der Waals surface area contributed by atoms with Gasteiger partial charge < -0.3 is 0 Å². The first-order chi connectivity index (χ1) is 5.75. The molecule has 0 aromatic heterocycles. The predicted molar refractivity (Wildman–Crippen MR) is 49.7 cm³/mol. The Hall–Kier alpha value is -0.550. The Bertz CT molecular complexity index is 169. The number of hydrogen-bond donors (Lipinski definition) is 0. The summed E-state index contributed by atoms with van der Waals surface area (Å²) in [6.07, 6.45) is 4.84. The Morgan fingerprint density at radius 3 is 2.67 bits per heavy atom. The summed E-state index contributed by atoms with van der Waals surface area (Å²) < 4.78 is 0. The van der Waals surface area contributed by atoms with Gasteiger partial charge in [0.25, 0.3) is 0 Å². The lowest BCUT2D eigenvalue weighted by Gasteiger charge is -2.28. The van der Waals surface area contributed by atoms with E-state index in [1.54, 1.807) is 0 Å². The Kier molecular flexibility index (Phi) is 3.55. The maximum absolute atomic E-state index is 8.94. The van der Waals surface area contributed by atoms with E-state index in [-0.39, 0.29) is 6.04 Å². The van der Waals surface area contributed by atoms with Crippen LogP contribution in [0.4, 0.5) is 0 Å². The summed E-state index contributed by atoms with van der Waals surface area (Å²) in [6.45, 7) is 5.46. The van der Waals surface area contributed by atoms with Crippen LogP contribution in [-0.4, -0.2) is 23.5 Å². The lowest BCUT2D eigenvalue weighted by Crippen LogP contribution is -2.39. The first-order valence-corrected chi connectivity index (χ1v) is 4.91. The summed E-state index contributed by atoms with van der Waals surface area (Å²) in [7, 11) is 0. The number of likely N-dealkylation sites (tertiary alicyclic amines) is 1. The molecule has 12 heavy (non-hydrogen) atoms. The summed E-state index contributed by atoms with van der Waals surface area (Å²) in [5.41, 5.74) is 0. The number of nitrogens with zero attached hydrogens (tertiary/aromatic N) is 2. The first kappa shape index (κ1) is 9.54. The van der Waals surface area contributed by atoms with Gasteiger partial charge in [0.2, 0.25) is 0 Å². The van der Waals surface area contributed by atoms with Crippen LogP contribution in [0.3, 0.4) is 0 Å². The minimum Gasteiger partial charge on any atom is -0.286 e. The second kappa shape index (κ2) is 4.47. The van der Waals surface area contributed by atoms with E-state index < -0.39 is 0 Å². The quantitative estimate of drug-likeness (QED) is 0.597. The molecule has 0 N–H and O–H groups in total. The highest BCUT2D eigenvalue weighted by molar-refractivity contribution is 4.94. The molecule has 1 rings (SSSR count). The molecule has 1 atom stereocenters. The van der Waals surface area contributed by atoms with Crippen molar-refractivity contribution < 1.29 is 0 Å². The molecule has 0 aliphatic carbocycles. The Morgan fingerprint density at radius 1 is 1.33 bits per heavy atom. The standard InChI is InChI=1S/C10H18N2/c1-9(2)12-7-5-3-4-6-10(12)8-11/h9-10H,3-7H2,1-2H3. The van der Waals surface area contributed by atoms with Gasteiger partial charge in [-0.2, -0.15) is 5.26 Å². The van der Waals surface area contributed by atoms with E-state index in [2.05, 4.69) is 24.8 Å². The van der Waals surface area contributed by atoms with E-state index >= 15 is 0 Å². The second-order valence-electron chi connectivity index (χ2n) is 3.83. The summed E-state index contributed by atoms with van der Waals surface area (Å²) >= 11 is 0. The lowest BCUT2D eigenvalue weighted by atomic mass is 10.1. The molecular weight excluding hydrogens is 148 g/mol. The topological polar surface area (TPSA) is 27.0 Å². The van der Waals surface area contributed by atoms with Gasteiger partial charge in [0.1, 0.15) is 0 Å². The van der Waals surface area contributed by atoms with Gasteiger partial charge in [-0.05, 0) is 33.2 Å². The Balaban J connectivity index is 2.59. The van der Waals surface area contributed by atoms with Crippen molar-refractivity contribution in [2.75, 3.05) is 6.54 Å².